The molecule has 0 saturated heterocycles. The van der Waals surface area contributed by atoms with Crippen LogP contribution in [0.4, 0.5) is 0 Å². The molecule has 0 N–H and O–H groups in total. The van der Waals surface area contributed by atoms with Crippen molar-refractivity contribution in [2.24, 2.45) is 0 Å². The minimum absolute atomic E-state index is 0.0285. The monoisotopic (exact) mass is 361 g/mol. The lowest BCUT2D eigenvalue weighted by molar-refractivity contribution is 0.570. The van der Waals surface area contributed by atoms with E-state index in [9.17, 15) is 16.8 Å². The third-order valence-corrected chi connectivity index (χ3v) is 6.26. The SMILES string of the molecule is O=S(=O)(c1ccccc1)c1ncnc(S(=O)(=O)c2ccccc2)n1. The van der Waals surface area contributed by atoms with Gasteiger partial charge in [-0.3, -0.25) is 0 Å². The van der Waals surface area contributed by atoms with E-state index < -0.39 is 30.0 Å². The summed E-state index contributed by atoms with van der Waals surface area (Å²) in [5.74, 6) is 0. The van der Waals surface area contributed by atoms with Crippen molar-refractivity contribution in [1.82, 2.24) is 15.0 Å². The average molecular weight is 361 g/mol. The zero-order valence-corrected chi connectivity index (χ0v) is 13.8. The van der Waals surface area contributed by atoms with E-state index in [1.807, 2.05) is 0 Å². The molecule has 0 spiro atoms. The van der Waals surface area contributed by atoms with Gasteiger partial charge in [0, 0.05) is 0 Å². The number of rotatable bonds is 4. The van der Waals surface area contributed by atoms with Crippen LogP contribution in [0.1, 0.15) is 0 Å². The fraction of sp³-hybridized carbons (Fsp3) is 0. The molecule has 0 fully saturated rings. The van der Waals surface area contributed by atoms with Crippen molar-refractivity contribution in [2.45, 2.75) is 20.1 Å². The molecular formula is C15H11N3O4S2. The lowest BCUT2D eigenvalue weighted by atomic mass is 10.4. The van der Waals surface area contributed by atoms with Crippen molar-refractivity contribution in [3.63, 3.8) is 0 Å². The first kappa shape index (κ1) is 16.2. The summed E-state index contributed by atoms with van der Waals surface area (Å²) >= 11 is 0. The summed E-state index contributed by atoms with van der Waals surface area (Å²) in [4.78, 5) is 10.9. The Kier molecular flexibility index (Phi) is 4.12. The summed E-state index contributed by atoms with van der Waals surface area (Å²) in [6.45, 7) is 0. The maximum absolute atomic E-state index is 12.5. The highest BCUT2D eigenvalue weighted by Crippen LogP contribution is 2.20. The van der Waals surface area contributed by atoms with Gasteiger partial charge < -0.3 is 0 Å². The first-order valence-electron chi connectivity index (χ1n) is 6.72. The van der Waals surface area contributed by atoms with Crippen LogP contribution in [0.3, 0.4) is 0 Å². The number of nitrogens with zero attached hydrogens (tertiary/aromatic N) is 3. The predicted octanol–water partition coefficient (Wildman–Crippen LogP) is 1.54. The lowest BCUT2D eigenvalue weighted by Gasteiger charge is -2.05. The van der Waals surface area contributed by atoms with Gasteiger partial charge in [0.2, 0.25) is 19.7 Å². The second-order valence-corrected chi connectivity index (χ2v) is 8.37. The van der Waals surface area contributed by atoms with Crippen LogP contribution >= 0.6 is 0 Å². The normalized spacial score (nSPS) is 12.0. The molecule has 0 aliphatic carbocycles. The minimum atomic E-state index is -4.03. The van der Waals surface area contributed by atoms with E-state index in [1.165, 1.54) is 24.3 Å². The molecule has 7 nitrogen and oxygen atoms in total. The van der Waals surface area contributed by atoms with Gasteiger partial charge in [-0.15, -0.1) is 0 Å². The van der Waals surface area contributed by atoms with Crippen molar-refractivity contribution < 1.29 is 16.8 Å². The highest BCUT2D eigenvalue weighted by Gasteiger charge is 2.26. The smallest absolute Gasteiger partial charge is 0.215 e. The molecule has 1 aromatic heterocycles. The van der Waals surface area contributed by atoms with Gasteiger partial charge in [-0.2, -0.15) is 4.98 Å². The Bertz CT molecular complexity index is 983. The van der Waals surface area contributed by atoms with Crippen LogP contribution in [0.5, 0.6) is 0 Å². The topological polar surface area (TPSA) is 107 Å². The molecule has 0 amide bonds. The molecule has 0 aliphatic rings. The molecule has 0 atom stereocenters. The van der Waals surface area contributed by atoms with E-state index in [0.717, 1.165) is 6.33 Å². The number of hydrogen-bond acceptors (Lipinski definition) is 7. The summed E-state index contributed by atoms with van der Waals surface area (Å²) in [5.41, 5.74) is 0. The molecule has 0 radical (unpaired) electrons. The van der Waals surface area contributed by atoms with Crippen LogP contribution < -0.4 is 0 Å². The molecular weight excluding hydrogens is 350 g/mol. The van der Waals surface area contributed by atoms with Gasteiger partial charge in [-0.05, 0) is 24.3 Å². The highest BCUT2D eigenvalue weighted by atomic mass is 32.2. The Hall–Kier alpha value is -2.65. The summed E-state index contributed by atoms with van der Waals surface area (Å²) in [6.07, 6.45) is 0.874. The van der Waals surface area contributed by atoms with E-state index >= 15 is 0 Å². The predicted molar refractivity (Wildman–Crippen MR) is 83.6 cm³/mol. The van der Waals surface area contributed by atoms with Gasteiger partial charge in [0.1, 0.15) is 6.33 Å². The number of aromatic nitrogens is 3. The molecule has 24 heavy (non-hydrogen) atoms. The third kappa shape index (κ3) is 2.91. The van der Waals surface area contributed by atoms with Crippen molar-refractivity contribution >= 4 is 19.7 Å². The van der Waals surface area contributed by atoms with Gasteiger partial charge in [0.25, 0.3) is 10.3 Å². The molecule has 0 unspecified atom stereocenters. The van der Waals surface area contributed by atoms with Gasteiger partial charge in [-0.25, -0.2) is 26.8 Å². The Morgan fingerprint density at radius 3 is 1.33 bits per heavy atom. The average Bonchev–Trinajstić information content (AvgIpc) is 2.63. The molecule has 0 saturated carbocycles. The van der Waals surface area contributed by atoms with E-state index in [2.05, 4.69) is 15.0 Å². The fourth-order valence-electron chi connectivity index (χ4n) is 1.94. The Labute approximate surface area is 138 Å². The van der Waals surface area contributed by atoms with Crippen LogP contribution in [-0.4, -0.2) is 31.8 Å². The molecule has 122 valence electrons. The zero-order chi connectivity index (χ0) is 17.2. The molecule has 0 bridgehead atoms. The van der Waals surface area contributed by atoms with Crippen LogP contribution in [0.15, 0.2) is 87.1 Å². The third-order valence-electron chi connectivity index (χ3n) is 3.12. The van der Waals surface area contributed by atoms with Crippen molar-refractivity contribution in [2.75, 3.05) is 0 Å². The van der Waals surface area contributed by atoms with Crippen LogP contribution in [0.25, 0.3) is 0 Å². The Balaban J connectivity index is 2.11. The van der Waals surface area contributed by atoms with E-state index in [4.69, 9.17) is 0 Å². The maximum atomic E-state index is 12.5. The quantitative estimate of drug-likeness (QED) is 0.693. The minimum Gasteiger partial charge on any atom is -0.215 e. The van der Waals surface area contributed by atoms with Crippen molar-refractivity contribution in [1.29, 1.82) is 0 Å². The van der Waals surface area contributed by atoms with Crippen LogP contribution in [0.2, 0.25) is 0 Å². The summed E-state index contributed by atoms with van der Waals surface area (Å²) in [6, 6.07) is 15.1. The lowest BCUT2D eigenvalue weighted by Crippen LogP contribution is -2.13. The van der Waals surface area contributed by atoms with Crippen LogP contribution in [0, 0.1) is 0 Å². The number of hydrogen-bond donors (Lipinski definition) is 0. The van der Waals surface area contributed by atoms with E-state index in [0.29, 0.717) is 0 Å². The standard InChI is InChI=1S/C15H11N3O4S2/c19-23(20,12-7-3-1-4-8-12)14-16-11-17-15(18-14)24(21,22)13-9-5-2-6-10-13/h1-11H. The fourth-order valence-corrected chi connectivity index (χ4v) is 4.23. The Morgan fingerprint density at radius 2 is 0.958 bits per heavy atom. The van der Waals surface area contributed by atoms with Gasteiger partial charge in [0.15, 0.2) is 0 Å². The van der Waals surface area contributed by atoms with E-state index in [-0.39, 0.29) is 9.79 Å². The highest BCUT2D eigenvalue weighted by molar-refractivity contribution is 7.92. The second-order valence-electron chi connectivity index (χ2n) is 4.68. The molecule has 3 aromatic rings. The summed E-state index contributed by atoms with van der Waals surface area (Å²) in [5, 5.41) is -1.23. The first-order valence-corrected chi connectivity index (χ1v) is 9.68. The molecule has 9 heteroatoms. The number of benzene rings is 2. The zero-order valence-electron chi connectivity index (χ0n) is 12.1. The molecule has 0 aliphatic heterocycles. The Morgan fingerprint density at radius 1 is 0.583 bits per heavy atom. The molecule has 2 aromatic carbocycles. The van der Waals surface area contributed by atoms with Gasteiger partial charge >= 0.3 is 0 Å². The number of sulfone groups is 2. The van der Waals surface area contributed by atoms with Crippen molar-refractivity contribution in [3.05, 3.63) is 67.0 Å². The van der Waals surface area contributed by atoms with Gasteiger partial charge in [-0.1, -0.05) is 36.4 Å². The maximum Gasteiger partial charge on any atom is 0.256 e. The second kappa shape index (κ2) is 6.10. The van der Waals surface area contributed by atoms with E-state index in [1.54, 1.807) is 36.4 Å². The molecule has 1 heterocycles. The summed E-state index contributed by atoms with van der Waals surface area (Å²) < 4.78 is 50.0. The first-order chi connectivity index (χ1) is 11.4. The molecule has 3 rings (SSSR count). The largest absolute Gasteiger partial charge is 0.256 e. The van der Waals surface area contributed by atoms with Crippen LogP contribution in [-0.2, 0) is 19.7 Å². The summed E-state index contributed by atoms with van der Waals surface area (Å²) in [7, 11) is -8.06. The van der Waals surface area contributed by atoms with Crippen molar-refractivity contribution in [3.8, 4) is 0 Å². The van der Waals surface area contributed by atoms with Gasteiger partial charge in [0.05, 0.1) is 9.79 Å².